The van der Waals surface area contributed by atoms with E-state index in [2.05, 4.69) is 10.5 Å². The minimum absolute atomic E-state index is 0.161. The Bertz CT molecular complexity index is 477. The fourth-order valence-electron chi connectivity index (χ4n) is 1.41. The summed E-state index contributed by atoms with van der Waals surface area (Å²) < 4.78 is 26.0. The third kappa shape index (κ3) is 3.16. The molecule has 5 nitrogen and oxygen atoms in total. The maximum absolute atomic E-state index is 13.3. The van der Waals surface area contributed by atoms with Crippen LogP contribution in [-0.4, -0.2) is 17.0 Å². The molecule has 7 heteroatoms. The number of hydrogen-bond donors (Lipinski definition) is 3. The van der Waals surface area contributed by atoms with Crippen molar-refractivity contribution in [1.82, 2.24) is 0 Å². The van der Waals surface area contributed by atoms with Gasteiger partial charge >= 0.3 is 0 Å². The van der Waals surface area contributed by atoms with E-state index in [1.54, 1.807) is 6.92 Å². The second kappa shape index (κ2) is 5.95. The maximum Gasteiger partial charge on any atom is 0.235 e. The summed E-state index contributed by atoms with van der Waals surface area (Å²) >= 11 is 0. The van der Waals surface area contributed by atoms with Crippen LogP contribution >= 0.6 is 0 Å². The third-order valence-corrected chi connectivity index (χ3v) is 2.39. The SMILES string of the molecule is CCC(C(=O)Nc1ccc(F)cc1F)C(N)=NO. The number of nitrogens with zero attached hydrogens (tertiary/aromatic N) is 1. The largest absolute Gasteiger partial charge is 0.409 e. The van der Waals surface area contributed by atoms with Gasteiger partial charge in [-0.05, 0) is 18.6 Å². The molecule has 18 heavy (non-hydrogen) atoms. The van der Waals surface area contributed by atoms with Crippen molar-refractivity contribution in [3.05, 3.63) is 29.8 Å². The molecule has 1 rings (SSSR count). The molecule has 0 heterocycles. The Hall–Kier alpha value is -2.18. The number of nitrogens with one attached hydrogen (secondary N) is 1. The zero-order valence-corrected chi connectivity index (χ0v) is 9.65. The molecule has 0 aliphatic rings. The topological polar surface area (TPSA) is 87.7 Å². The lowest BCUT2D eigenvalue weighted by atomic mass is 10.0. The number of carbonyl (C=O) groups is 1. The highest BCUT2D eigenvalue weighted by molar-refractivity contribution is 6.07. The van der Waals surface area contributed by atoms with Crippen molar-refractivity contribution in [1.29, 1.82) is 0 Å². The lowest BCUT2D eigenvalue weighted by Crippen LogP contribution is -2.34. The molecule has 0 saturated heterocycles. The predicted octanol–water partition coefficient (Wildman–Crippen LogP) is 1.68. The second-order valence-electron chi connectivity index (χ2n) is 3.60. The van der Waals surface area contributed by atoms with Gasteiger partial charge in [0.25, 0.3) is 0 Å². The van der Waals surface area contributed by atoms with E-state index < -0.39 is 23.5 Å². The molecule has 4 N–H and O–H groups in total. The van der Waals surface area contributed by atoms with E-state index in [-0.39, 0.29) is 17.9 Å². The number of nitrogens with two attached hydrogens (primary N) is 1. The number of oxime groups is 1. The van der Waals surface area contributed by atoms with Crippen LogP contribution in [0.3, 0.4) is 0 Å². The molecule has 1 aromatic carbocycles. The Balaban J connectivity index is 2.86. The third-order valence-electron chi connectivity index (χ3n) is 2.39. The summed E-state index contributed by atoms with van der Waals surface area (Å²) in [5.74, 6) is -3.40. The molecule has 1 unspecified atom stereocenters. The van der Waals surface area contributed by atoms with Crippen molar-refractivity contribution < 1.29 is 18.8 Å². The Morgan fingerprint density at radius 2 is 2.22 bits per heavy atom. The molecule has 0 saturated carbocycles. The Labute approximate surface area is 102 Å². The van der Waals surface area contributed by atoms with Gasteiger partial charge in [-0.3, -0.25) is 4.79 Å². The summed E-state index contributed by atoms with van der Waals surface area (Å²) in [6.45, 7) is 1.66. The lowest BCUT2D eigenvalue weighted by molar-refractivity contribution is -0.118. The van der Waals surface area contributed by atoms with Crippen LogP contribution < -0.4 is 11.1 Å². The van der Waals surface area contributed by atoms with Gasteiger partial charge in [-0.2, -0.15) is 0 Å². The molecule has 0 aliphatic carbocycles. The molecule has 0 aliphatic heterocycles. The summed E-state index contributed by atoms with van der Waals surface area (Å²) in [7, 11) is 0. The summed E-state index contributed by atoms with van der Waals surface area (Å²) in [5, 5.41) is 13.5. The highest BCUT2D eigenvalue weighted by Crippen LogP contribution is 2.16. The number of amides is 1. The van der Waals surface area contributed by atoms with Crippen molar-refractivity contribution in [2.24, 2.45) is 16.8 Å². The van der Waals surface area contributed by atoms with E-state index >= 15 is 0 Å². The Kier molecular flexibility index (Phi) is 4.59. The van der Waals surface area contributed by atoms with Gasteiger partial charge in [-0.25, -0.2) is 8.78 Å². The van der Waals surface area contributed by atoms with Gasteiger partial charge in [0.1, 0.15) is 11.6 Å². The number of anilines is 1. The molecule has 1 amide bonds. The fourth-order valence-corrected chi connectivity index (χ4v) is 1.41. The molecule has 0 bridgehead atoms. The van der Waals surface area contributed by atoms with E-state index in [1.807, 2.05) is 0 Å². The first-order valence-corrected chi connectivity index (χ1v) is 5.23. The standard InChI is InChI=1S/C11H13F2N3O2/c1-2-7(10(14)16-18)11(17)15-9-4-3-6(12)5-8(9)13/h3-5,7,18H,2H2,1H3,(H2,14,16)(H,15,17). The Morgan fingerprint density at radius 3 is 2.72 bits per heavy atom. The van der Waals surface area contributed by atoms with Gasteiger partial charge in [0.15, 0.2) is 5.84 Å². The number of halogens is 2. The summed E-state index contributed by atoms with van der Waals surface area (Å²) in [5.41, 5.74) is 5.17. The first-order chi connectivity index (χ1) is 8.49. The van der Waals surface area contributed by atoms with Crippen LogP contribution in [0, 0.1) is 17.6 Å². The molecule has 98 valence electrons. The van der Waals surface area contributed by atoms with Crippen LogP contribution in [0.25, 0.3) is 0 Å². The van der Waals surface area contributed by atoms with Gasteiger partial charge in [-0.1, -0.05) is 12.1 Å². The first kappa shape index (κ1) is 13.9. The number of amidine groups is 1. The molecule has 1 atom stereocenters. The fraction of sp³-hybridized carbons (Fsp3) is 0.273. The summed E-state index contributed by atoms with van der Waals surface area (Å²) in [6.07, 6.45) is 0.282. The quantitative estimate of drug-likeness (QED) is 0.332. The van der Waals surface area contributed by atoms with Crippen LogP contribution in [0.15, 0.2) is 23.4 Å². The van der Waals surface area contributed by atoms with Gasteiger partial charge < -0.3 is 16.3 Å². The van der Waals surface area contributed by atoms with Gasteiger partial charge in [0.05, 0.1) is 11.6 Å². The second-order valence-corrected chi connectivity index (χ2v) is 3.60. The van der Waals surface area contributed by atoms with Crippen LogP contribution in [0.4, 0.5) is 14.5 Å². The highest BCUT2D eigenvalue weighted by Gasteiger charge is 2.22. The van der Waals surface area contributed by atoms with E-state index in [1.165, 1.54) is 0 Å². The first-order valence-electron chi connectivity index (χ1n) is 5.23. The predicted molar refractivity (Wildman–Crippen MR) is 62.2 cm³/mol. The van der Waals surface area contributed by atoms with E-state index in [9.17, 15) is 13.6 Å². The van der Waals surface area contributed by atoms with Gasteiger partial charge in [0, 0.05) is 6.07 Å². The Morgan fingerprint density at radius 1 is 1.56 bits per heavy atom. The molecule has 0 aromatic heterocycles. The average Bonchev–Trinajstić information content (AvgIpc) is 2.33. The number of benzene rings is 1. The zero-order valence-electron chi connectivity index (χ0n) is 9.65. The normalized spacial score (nSPS) is 13.2. The average molecular weight is 257 g/mol. The summed E-state index contributed by atoms with van der Waals surface area (Å²) in [6, 6.07) is 2.77. The molecular weight excluding hydrogens is 244 g/mol. The minimum Gasteiger partial charge on any atom is -0.409 e. The monoisotopic (exact) mass is 257 g/mol. The van der Waals surface area contributed by atoms with Crippen LogP contribution in [0.1, 0.15) is 13.3 Å². The highest BCUT2D eigenvalue weighted by atomic mass is 19.1. The number of carbonyl (C=O) groups excluding carboxylic acids is 1. The van der Waals surface area contributed by atoms with Crippen molar-refractivity contribution >= 4 is 17.4 Å². The smallest absolute Gasteiger partial charge is 0.235 e. The van der Waals surface area contributed by atoms with Crippen molar-refractivity contribution in [3.63, 3.8) is 0 Å². The lowest BCUT2D eigenvalue weighted by Gasteiger charge is -2.13. The number of hydrogen-bond acceptors (Lipinski definition) is 3. The molecular formula is C11H13F2N3O2. The van der Waals surface area contributed by atoms with Crippen LogP contribution in [0.5, 0.6) is 0 Å². The van der Waals surface area contributed by atoms with Crippen molar-refractivity contribution in [2.45, 2.75) is 13.3 Å². The molecule has 0 spiro atoms. The molecule has 0 fully saturated rings. The number of rotatable bonds is 4. The molecule has 1 aromatic rings. The minimum atomic E-state index is -0.891. The van der Waals surface area contributed by atoms with Gasteiger partial charge in [-0.15, -0.1) is 0 Å². The van der Waals surface area contributed by atoms with E-state index in [0.29, 0.717) is 6.07 Å². The van der Waals surface area contributed by atoms with Crippen LogP contribution in [-0.2, 0) is 4.79 Å². The van der Waals surface area contributed by atoms with Crippen molar-refractivity contribution in [3.8, 4) is 0 Å². The van der Waals surface area contributed by atoms with Crippen molar-refractivity contribution in [2.75, 3.05) is 5.32 Å². The summed E-state index contributed by atoms with van der Waals surface area (Å²) in [4.78, 5) is 11.7. The maximum atomic E-state index is 13.3. The molecule has 0 radical (unpaired) electrons. The zero-order chi connectivity index (χ0) is 13.7. The van der Waals surface area contributed by atoms with E-state index in [4.69, 9.17) is 10.9 Å². The van der Waals surface area contributed by atoms with Crippen LogP contribution in [0.2, 0.25) is 0 Å². The van der Waals surface area contributed by atoms with Gasteiger partial charge in [0.2, 0.25) is 5.91 Å². The van der Waals surface area contributed by atoms with E-state index in [0.717, 1.165) is 12.1 Å².